The van der Waals surface area contributed by atoms with E-state index in [1.165, 1.54) is 23.3 Å². The minimum Gasteiger partial charge on any atom is -0.337 e. The summed E-state index contributed by atoms with van der Waals surface area (Å²) in [6.07, 6.45) is -3.65. The van der Waals surface area contributed by atoms with Gasteiger partial charge in [-0.2, -0.15) is 18.2 Å². The second-order valence-electron chi connectivity index (χ2n) is 6.52. The van der Waals surface area contributed by atoms with Gasteiger partial charge in [-0.1, -0.05) is 41.6 Å². The van der Waals surface area contributed by atoms with E-state index in [0.29, 0.717) is 11.5 Å². The molecule has 0 saturated carbocycles. The number of halogens is 3. The zero-order valence-electron chi connectivity index (χ0n) is 14.4. The zero-order chi connectivity index (χ0) is 19.0. The maximum Gasteiger partial charge on any atom is 0.416 e. The van der Waals surface area contributed by atoms with Gasteiger partial charge in [-0.25, -0.2) is 10.9 Å². The van der Waals surface area contributed by atoms with E-state index in [1.54, 1.807) is 0 Å². The summed E-state index contributed by atoms with van der Waals surface area (Å²) >= 11 is 0. The van der Waals surface area contributed by atoms with E-state index in [9.17, 15) is 13.2 Å². The predicted octanol–water partition coefficient (Wildman–Crippen LogP) is 4.34. The molecule has 2 aromatic carbocycles. The standard InChI is InChI=1S/C19H17F3N4O/c1-11-4-2-3-5-14(11)15-10-16(25-24-15)18-23-17(26-27-18)12-6-8-13(9-7-12)19(20,21)22/h2-9,15-16,24-25H,10H2,1H3. The van der Waals surface area contributed by atoms with Crippen LogP contribution in [0.4, 0.5) is 13.2 Å². The molecule has 5 nitrogen and oxygen atoms in total. The van der Waals surface area contributed by atoms with Gasteiger partial charge in [0.25, 0.3) is 0 Å². The molecule has 3 aromatic rings. The van der Waals surface area contributed by atoms with Gasteiger partial charge in [-0.05, 0) is 36.6 Å². The lowest BCUT2D eigenvalue weighted by Gasteiger charge is -2.12. The van der Waals surface area contributed by atoms with Crippen molar-refractivity contribution in [1.29, 1.82) is 0 Å². The number of hydrogen-bond acceptors (Lipinski definition) is 5. The van der Waals surface area contributed by atoms with Gasteiger partial charge in [0.05, 0.1) is 5.56 Å². The van der Waals surface area contributed by atoms with E-state index in [0.717, 1.165) is 18.6 Å². The summed E-state index contributed by atoms with van der Waals surface area (Å²) in [7, 11) is 0. The predicted molar refractivity (Wildman–Crippen MR) is 92.3 cm³/mol. The molecule has 0 spiro atoms. The van der Waals surface area contributed by atoms with Crippen LogP contribution in [-0.2, 0) is 6.18 Å². The van der Waals surface area contributed by atoms with Crippen LogP contribution in [0.3, 0.4) is 0 Å². The van der Waals surface area contributed by atoms with Crippen molar-refractivity contribution in [3.8, 4) is 11.4 Å². The van der Waals surface area contributed by atoms with Gasteiger partial charge < -0.3 is 4.52 Å². The highest BCUT2D eigenvalue weighted by atomic mass is 19.4. The lowest BCUT2D eigenvalue weighted by molar-refractivity contribution is -0.137. The van der Waals surface area contributed by atoms with Gasteiger partial charge in [0.1, 0.15) is 6.04 Å². The van der Waals surface area contributed by atoms with E-state index in [4.69, 9.17) is 4.52 Å². The smallest absolute Gasteiger partial charge is 0.337 e. The number of hydrogen-bond donors (Lipinski definition) is 2. The van der Waals surface area contributed by atoms with Gasteiger partial charge in [-0.3, -0.25) is 0 Å². The third-order valence-corrected chi connectivity index (χ3v) is 4.68. The van der Waals surface area contributed by atoms with Crippen molar-refractivity contribution in [2.24, 2.45) is 0 Å². The first-order valence-corrected chi connectivity index (χ1v) is 8.49. The summed E-state index contributed by atoms with van der Waals surface area (Å²) in [4.78, 5) is 4.34. The molecule has 140 valence electrons. The highest BCUT2D eigenvalue weighted by Gasteiger charge is 2.32. The Balaban J connectivity index is 1.49. The molecule has 0 bridgehead atoms. The number of benzene rings is 2. The maximum absolute atomic E-state index is 12.7. The number of nitrogens with one attached hydrogen (secondary N) is 2. The minimum absolute atomic E-state index is 0.109. The number of hydrazine groups is 1. The van der Waals surface area contributed by atoms with Crippen LogP contribution in [0.1, 0.15) is 41.1 Å². The average Bonchev–Trinajstić information content (AvgIpc) is 3.31. The molecule has 2 unspecified atom stereocenters. The molecule has 1 aliphatic rings. The molecule has 8 heteroatoms. The number of alkyl halides is 3. The van der Waals surface area contributed by atoms with Gasteiger partial charge in [0, 0.05) is 11.6 Å². The van der Waals surface area contributed by atoms with Gasteiger partial charge >= 0.3 is 6.18 Å². The second kappa shape index (κ2) is 6.79. The Morgan fingerprint density at radius 3 is 2.41 bits per heavy atom. The third kappa shape index (κ3) is 3.58. The average molecular weight is 374 g/mol. The number of nitrogens with zero attached hydrogens (tertiary/aromatic N) is 2. The molecule has 0 amide bonds. The van der Waals surface area contributed by atoms with Gasteiger partial charge in [0.2, 0.25) is 11.7 Å². The fourth-order valence-electron chi connectivity index (χ4n) is 3.20. The fraction of sp³-hybridized carbons (Fsp3) is 0.263. The Kier molecular flexibility index (Phi) is 4.45. The lowest BCUT2D eigenvalue weighted by Crippen LogP contribution is -2.27. The van der Waals surface area contributed by atoms with Crippen LogP contribution in [0.5, 0.6) is 0 Å². The summed E-state index contributed by atoms with van der Waals surface area (Å²) in [6, 6.07) is 12.7. The summed E-state index contributed by atoms with van der Waals surface area (Å²) in [6.45, 7) is 2.06. The topological polar surface area (TPSA) is 63.0 Å². The van der Waals surface area contributed by atoms with Crippen molar-refractivity contribution < 1.29 is 17.7 Å². The summed E-state index contributed by atoms with van der Waals surface area (Å²) in [5.41, 5.74) is 8.52. The van der Waals surface area contributed by atoms with E-state index in [-0.39, 0.29) is 17.9 Å². The largest absolute Gasteiger partial charge is 0.416 e. The quantitative estimate of drug-likeness (QED) is 0.714. The second-order valence-corrected chi connectivity index (χ2v) is 6.52. The molecule has 2 atom stereocenters. The molecule has 1 fully saturated rings. The Bertz CT molecular complexity index is 937. The van der Waals surface area contributed by atoms with Crippen LogP contribution in [0.2, 0.25) is 0 Å². The molecule has 1 aliphatic heterocycles. The maximum atomic E-state index is 12.7. The lowest BCUT2D eigenvalue weighted by atomic mass is 9.98. The Morgan fingerprint density at radius 1 is 1.00 bits per heavy atom. The monoisotopic (exact) mass is 374 g/mol. The number of aromatic nitrogens is 2. The molecular formula is C19H17F3N4O. The van der Waals surface area contributed by atoms with Crippen LogP contribution in [0.15, 0.2) is 53.1 Å². The highest BCUT2D eigenvalue weighted by Crippen LogP contribution is 2.33. The Labute approximate surface area is 153 Å². The Hall–Kier alpha value is -2.71. The fourth-order valence-corrected chi connectivity index (χ4v) is 3.20. The molecular weight excluding hydrogens is 357 g/mol. The minimum atomic E-state index is -4.37. The molecule has 2 N–H and O–H groups in total. The van der Waals surface area contributed by atoms with Crippen LogP contribution < -0.4 is 10.9 Å². The number of rotatable bonds is 3. The first-order valence-electron chi connectivity index (χ1n) is 8.49. The third-order valence-electron chi connectivity index (χ3n) is 4.68. The van der Waals surface area contributed by atoms with Gasteiger partial charge in [0.15, 0.2) is 0 Å². The van der Waals surface area contributed by atoms with Gasteiger partial charge in [-0.15, -0.1) is 0 Å². The molecule has 1 aromatic heterocycles. The van der Waals surface area contributed by atoms with Crippen LogP contribution in [0.25, 0.3) is 11.4 Å². The highest BCUT2D eigenvalue weighted by molar-refractivity contribution is 5.54. The van der Waals surface area contributed by atoms with Crippen molar-refractivity contribution in [2.75, 3.05) is 0 Å². The first-order chi connectivity index (χ1) is 12.9. The van der Waals surface area contributed by atoms with Crippen LogP contribution in [-0.4, -0.2) is 10.1 Å². The van der Waals surface area contributed by atoms with E-state index in [1.807, 2.05) is 12.1 Å². The summed E-state index contributed by atoms with van der Waals surface area (Å²) < 4.78 is 43.3. The van der Waals surface area contributed by atoms with Crippen LogP contribution in [0, 0.1) is 6.92 Å². The molecule has 1 saturated heterocycles. The normalized spacial score (nSPS) is 20.1. The van der Waals surface area contributed by atoms with Crippen molar-refractivity contribution in [1.82, 2.24) is 21.0 Å². The van der Waals surface area contributed by atoms with Crippen molar-refractivity contribution in [3.05, 3.63) is 71.1 Å². The Morgan fingerprint density at radius 2 is 1.70 bits per heavy atom. The SMILES string of the molecule is Cc1ccccc1C1CC(c2nc(-c3ccc(C(F)(F)F)cc3)no2)NN1. The van der Waals surface area contributed by atoms with Crippen LogP contribution >= 0.6 is 0 Å². The number of aryl methyl sites for hydroxylation is 1. The molecule has 0 aliphatic carbocycles. The van der Waals surface area contributed by atoms with Crippen molar-refractivity contribution >= 4 is 0 Å². The molecule has 0 radical (unpaired) electrons. The van der Waals surface area contributed by atoms with Crippen molar-refractivity contribution in [3.63, 3.8) is 0 Å². The van der Waals surface area contributed by atoms with Crippen molar-refractivity contribution in [2.45, 2.75) is 31.6 Å². The van der Waals surface area contributed by atoms with E-state index in [2.05, 4.69) is 40.0 Å². The zero-order valence-corrected chi connectivity index (χ0v) is 14.4. The molecule has 2 heterocycles. The summed E-state index contributed by atoms with van der Waals surface area (Å²) in [5.74, 6) is 0.661. The van der Waals surface area contributed by atoms with E-state index < -0.39 is 11.7 Å². The molecule has 27 heavy (non-hydrogen) atoms. The molecule has 4 rings (SSSR count). The summed E-state index contributed by atoms with van der Waals surface area (Å²) in [5, 5.41) is 3.90. The van der Waals surface area contributed by atoms with E-state index >= 15 is 0 Å². The first kappa shape index (κ1) is 17.7.